The van der Waals surface area contributed by atoms with Crippen molar-refractivity contribution in [2.75, 3.05) is 31.1 Å². The van der Waals surface area contributed by atoms with Gasteiger partial charge in [0.25, 0.3) is 5.91 Å². The van der Waals surface area contributed by atoms with Crippen molar-refractivity contribution in [2.45, 2.75) is 13.8 Å². The first-order valence-electron chi connectivity index (χ1n) is 11.0. The summed E-state index contributed by atoms with van der Waals surface area (Å²) in [7, 11) is 0. The summed E-state index contributed by atoms with van der Waals surface area (Å²) in [6.45, 7) is 6.94. The Hall–Kier alpha value is -3.73. The minimum absolute atomic E-state index is 0.0949. The van der Waals surface area contributed by atoms with Gasteiger partial charge in [0, 0.05) is 42.7 Å². The molecule has 4 aromatic rings. The summed E-state index contributed by atoms with van der Waals surface area (Å²) < 4.78 is 0. The molecule has 32 heavy (non-hydrogen) atoms. The quantitative estimate of drug-likeness (QED) is 0.472. The van der Waals surface area contributed by atoms with E-state index in [1.165, 1.54) is 5.56 Å². The topological polar surface area (TPSA) is 49.3 Å². The van der Waals surface area contributed by atoms with E-state index in [0.29, 0.717) is 13.1 Å². The molecule has 2 heterocycles. The molecule has 0 atom stereocenters. The number of hydrogen-bond acceptors (Lipinski definition) is 4. The van der Waals surface area contributed by atoms with E-state index in [1.54, 1.807) is 0 Å². The zero-order valence-corrected chi connectivity index (χ0v) is 18.5. The number of nitrogens with zero attached hydrogens (tertiary/aromatic N) is 4. The summed E-state index contributed by atoms with van der Waals surface area (Å²) in [5, 5.41) is 1.04. The highest BCUT2D eigenvalue weighted by Crippen LogP contribution is 2.28. The number of aryl methyl sites for hydroxylation is 2. The van der Waals surface area contributed by atoms with E-state index < -0.39 is 0 Å². The second-order valence-corrected chi connectivity index (χ2v) is 8.40. The molecule has 0 saturated carbocycles. The van der Waals surface area contributed by atoms with Gasteiger partial charge in [-0.3, -0.25) is 4.79 Å². The van der Waals surface area contributed by atoms with Crippen LogP contribution >= 0.6 is 0 Å². The molecule has 1 saturated heterocycles. The van der Waals surface area contributed by atoms with E-state index in [4.69, 9.17) is 9.97 Å². The van der Waals surface area contributed by atoms with Crippen LogP contribution in [-0.4, -0.2) is 47.0 Å². The van der Waals surface area contributed by atoms with Crippen LogP contribution < -0.4 is 4.90 Å². The molecule has 0 bridgehead atoms. The maximum Gasteiger partial charge on any atom is 0.253 e. The summed E-state index contributed by atoms with van der Waals surface area (Å²) >= 11 is 0. The number of fused-ring (bicyclic) bond motifs is 1. The number of para-hydroxylation sites is 1. The van der Waals surface area contributed by atoms with E-state index in [0.717, 1.165) is 52.3 Å². The Labute approximate surface area is 188 Å². The lowest BCUT2D eigenvalue weighted by Crippen LogP contribution is -2.49. The lowest BCUT2D eigenvalue weighted by atomic mass is 10.1. The third-order valence-corrected chi connectivity index (χ3v) is 6.06. The summed E-state index contributed by atoms with van der Waals surface area (Å²) in [4.78, 5) is 26.9. The smallest absolute Gasteiger partial charge is 0.253 e. The highest BCUT2D eigenvalue weighted by Gasteiger charge is 2.24. The summed E-state index contributed by atoms with van der Waals surface area (Å²) in [5.74, 6) is 1.77. The lowest BCUT2D eigenvalue weighted by molar-refractivity contribution is 0.0746. The van der Waals surface area contributed by atoms with Crippen LogP contribution in [0.1, 0.15) is 21.5 Å². The normalized spacial score (nSPS) is 14.1. The van der Waals surface area contributed by atoms with E-state index >= 15 is 0 Å². The summed E-state index contributed by atoms with van der Waals surface area (Å²) in [5.41, 5.74) is 5.07. The highest BCUT2D eigenvalue weighted by atomic mass is 16.2. The Morgan fingerprint density at radius 2 is 1.38 bits per heavy atom. The monoisotopic (exact) mass is 422 g/mol. The molecule has 3 aromatic carbocycles. The van der Waals surface area contributed by atoms with Gasteiger partial charge in [0.2, 0.25) is 0 Å². The van der Waals surface area contributed by atoms with Crippen LogP contribution in [0.4, 0.5) is 5.82 Å². The van der Waals surface area contributed by atoms with Crippen molar-refractivity contribution < 1.29 is 4.79 Å². The van der Waals surface area contributed by atoms with Crippen LogP contribution in [0, 0.1) is 13.8 Å². The number of aromatic nitrogens is 2. The Morgan fingerprint density at radius 3 is 2.06 bits per heavy atom. The van der Waals surface area contributed by atoms with Crippen molar-refractivity contribution in [1.82, 2.24) is 14.9 Å². The van der Waals surface area contributed by atoms with Gasteiger partial charge in [-0.2, -0.15) is 0 Å². The van der Waals surface area contributed by atoms with Crippen molar-refractivity contribution in [3.05, 3.63) is 89.5 Å². The van der Waals surface area contributed by atoms with Gasteiger partial charge >= 0.3 is 0 Å². The van der Waals surface area contributed by atoms with E-state index in [1.807, 2.05) is 54.3 Å². The fourth-order valence-corrected chi connectivity index (χ4v) is 4.13. The summed E-state index contributed by atoms with van der Waals surface area (Å²) in [6.07, 6.45) is 0. The van der Waals surface area contributed by atoms with Crippen LogP contribution in [0.15, 0.2) is 72.8 Å². The van der Waals surface area contributed by atoms with Gasteiger partial charge in [0.15, 0.2) is 5.82 Å². The molecule has 0 unspecified atom stereocenters. The molecule has 1 aliphatic heterocycles. The van der Waals surface area contributed by atoms with Gasteiger partial charge in [0.1, 0.15) is 5.82 Å². The number of carbonyl (C=O) groups excluding carboxylic acids is 1. The zero-order valence-electron chi connectivity index (χ0n) is 18.5. The molecule has 0 aliphatic carbocycles. The largest absolute Gasteiger partial charge is 0.352 e. The highest BCUT2D eigenvalue weighted by molar-refractivity contribution is 5.95. The molecular weight excluding hydrogens is 396 g/mol. The molecule has 0 radical (unpaired) electrons. The predicted molar refractivity (Wildman–Crippen MR) is 129 cm³/mol. The van der Waals surface area contributed by atoms with Gasteiger partial charge in [-0.05, 0) is 38.1 Å². The van der Waals surface area contributed by atoms with Crippen molar-refractivity contribution in [3.8, 4) is 11.4 Å². The van der Waals surface area contributed by atoms with E-state index in [9.17, 15) is 4.79 Å². The van der Waals surface area contributed by atoms with Crippen molar-refractivity contribution in [2.24, 2.45) is 0 Å². The molecule has 1 aliphatic rings. The molecule has 0 N–H and O–H groups in total. The van der Waals surface area contributed by atoms with Gasteiger partial charge in [-0.25, -0.2) is 9.97 Å². The van der Waals surface area contributed by atoms with Crippen molar-refractivity contribution >= 4 is 22.6 Å². The van der Waals surface area contributed by atoms with Crippen LogP contribution in [0.2, 0.25) is 0 Å². The average molecular weight is 423 g/mol. The van der Waals surface area contributed by atoms with Gasteiger partial charge in [0.05, 0.1) is 5.52 Å². The molecule has 1 fully saturated rings. The Morgan fingerprint density at radius 1 is 0.750 bits per heavy atom. The summed E-state index contributed by atoms with van der Waals surface area (Å²) in [6, 6.07) is 24.3. The predicted octanol–water partition coefficient (Wildman–Crippen LogP) is 4.88. The van der Waals surface area contributed by atoms with Gasteiger partial charge in [-0.1, -0.05) is 59.7 Å². The number of rotatable bonds is 3. The van der Waals surface area contributed by atoms with Crippen molar-refractivity contribution in [1.29, 1.82) is 0 Å². The zero-order chi connectivity index (χ0) is 22.1. The number of anilines is 1. The maximum atomic E-state index is 12.9. The molecule has 5 rings (SSSR count). The Bertz CT molecular complexity index is 1260. The molecule has 1 amide bonds. The minimum Gasteiger partial charge on any atom is -0.352 e. The van der Waals surface area contributed by atoms with Crippen molar-refractivity contribution in [3.63, 3.8) is 0 Å². The molecule has 1 aromatic heterocycles. The average Bonchev–Trinajstić information content (AvgIpc) is 2.84. The number of amides is 1. The molecular formula is C27H26N4O. The van der Waals surface area contributed by atoms with Crippen LogP contribution in [-0.2, 0) is 0 Å². The van der Waals surface area contributed by atoms with Crippen LogP contribution in [0.5, 0.6) is 0 Å². The maximum absolute atomic E-state index is 12.9. The van der Waals surface area contributed by atoms with E-state index in [2.05, 4.69) is 42.2 Å². The molecule has 0 spiro atoms. The SMILES string of the molecule is Cc1ccc(C(=O)N2CCN(c3nc(-c4ccc(C)cc4)nc4ccccc34)CC2)cc1. The van der Waals surface area contributed by atoms with Gasteiger partial charge in [-0.15, -0.1) is 0 Å². The second kappa shape index (κ2) is 8.42. The first-order valence-corrected chi connectivity index (χ1v) is 11.0. The Balaban J connectivity index is 1.42. The van der Waals surface area contributed by atoms with Gasteiger partial charge < -0.3 is 9.80 Å². The standard InChI is InChI=1S/C27H26N4O/c1-19-7-11-21(12-8-19)25-28-24-6-4-3-5-23(24)26(29-25)30-15-17-31(18-16-30)27(32)22-13-9-20(2)10-14-22/h3-14H,15-18H2,1-2H3. The second-order valence-electron chi connectivity index (χ2n) is 8.40. The first-order chi connectivity index (χ1) is 15.6. The molecule has 5 nitrogen and oxygen atoms in total. The van der Waals surface area contributed by atoms with Crippen LogP contribution in [0.25, 0.3) is 22.3 Å². The molecule has 160 valence electrons. The minimum atomic E-state index is 0.0949. The fourth-order valence-electron chi connectivity index (χ4n) is 4.13. The van der Waals surface area contributed by atoms with E-state index in [-0.39, 0.29) is 5.91 Å². The number of piperazine rings is 1. The lowest BCUT2D eigenvalue weighted by Gasteiger charge is -2.36. The third-order valence-electron chi connectivity index (χ3n) is 6.06. The fraction of sp³-hybridized carbons (Fsp3) is 0.222. The number of hydrogen-bond donors (Lipinski definition) is 0. The number of carbonyl (C=O) groups is 1. The first kappa shape index (κ1) is 20.2. The third kappa shape index (κ3) is 3.94. The number of benzene rings is 3. The Kier molecular flexibility index (Phi) is 5.31. The molecule has 5 heteroatoms. The van der Waals surface area contributed by atoms with Crippen LogP contribution in [0.3, 0.4) is 0 Å².